The Kier molecular flexibility index (Phi) is 3.79. The molecule has 3 rings (SSSR count). The third-order valence-corrected chi connectivity index (χ3v) is 4.19. The van der Waals surface area contributed by atoms with E-state index in [1.165, 1.54) is 37.0 Å². The van der Waals surface area contributed by atoms with E-state index < -0.39 is 17.6 Å². The van der Waals surface area contributed by atoms with Gasteiger partial charge in [0.25, 0.3) is 5.56 Å². The van der Waals surface area contributed by atoms with Crippen molar-refractivity contribution in [1.29, 1.82) is 0 Å². The minimum absolute atomic E-state index is 0.406. The van der Waals surface area contributed by atoms with Gasteiger partial charge in [-0.05, 0) is 55.9 Å². The first kappa shape index (κ1) is 14.5. The number of aromatic nitrogens is 2. The lowest BCUT2D eigenvalue weighted by Crippen LogP contribution is -2.29. The van der Waals surface area contributed by atoms with Crippen LogP contribution in [0.15, 0.2) is 35.1 Å². The summed E-state index contributed by atoms with van der Waals surface area (Å²) in [6.07, 6.45) is 4.60. The first-order chi connectivity index (χ1) is 10.6. The van der Waals surface area contributed by atoms with Crippen LogP contribution in [0.5, 0.6) is 0 Å². The lowest BCUT2D eigenvalue weighted by atomic mass is 9.90. The summed E-state index contributed by atoms with van der Waals surface area (Å²) in [6.45, 7) is 1.45. The summed E-state index contributed by atoms with van der Waals surface area (Å²) in [5.74, 6) is -1.07. The average Bonchev–Trinajstić information content (AvgIpc) is 2.54. The van der Waals surface area contributed by atoms with Gasteiger partial charge in [-0.25, -0.2) is 9.48 Å². The molecular formula is C17H18N2O3. The second-order valence-electron chi connectivity index (χ2n) is 5.71. The molecule has 1 aliphatic rings. The van der Waals surface area contributed by atoms with Crippen molar-refractivity contribution >= 4 is 5.97 Å². The monoisotopic (exact) mass is 298 g/mol. The van der Waals surface area contributed by atoms with Crippen LogP contribution in [0.2, 0.25) is 0 Å². The van der Waals surface area contributed by atoms with Gasteiger partial charge in [0.15, 0.2) is 6.04 Å². The maximum Gasteiger partial charge on any atom is 0.328 e. The minimum atomic E-state index is -1.07. The van der Waals surface area contributed by atoms with Crippen LogP contribution in [0.3, 0.4) is 0 Å². The highest BCUT2D eigenvalue weighted by Gasteiger charge is 2.17. The second-order valence-corrected chi connectivity index (χ2v) is 5.71. The number of carboxylic acids is 1. The summed E-state index contributed by atoms with van der Waals surface area (Å²) >= 11 is 0. The van der Waals surface area contributed by atoms with E-state index in [0.717, 1.165) is 23.1 Å². The lowest BCUT2D eigenvalue weighted by Gasteiger charge is -2.17. The molecule has 0 spiro atoms. The number of carboxylic acid groups (broad SMARTS) is 1. The molecule has 1 N–H and O–H groups in total. The van der Waals surface area contributed by atoms with E-state index in [4.69, 9.17) is 5.11 Å². The zero-order valence-electron chi connectivity index (χ0n) is 12.5. The van der Waals surface area contributed by atoms with Gasteiger partial charge in [0, 0.05) is 11.6 Å². The number of nitrogens with zero attached hydrogens (tertiary/aromatic N) is 2. The van der Waals surface area contributed by atoms with E-state index in [0.29, 0.717) is 5.69 Å². The van der Waals surface area contributed by atoms with Crippen molar-refractivity contribution < 1.29 is 9.90 Å². The molecule has 0 fully saturated rings. The Balaban J connectivity index is 2.03. The van der Waals surface area contributed by atoms with E-state index in [-0.39, 0.29) is 0 Å². The molecule has 1 unspecified atom stereocenters. The number of aryl methyl sites for hydroxylation is 2. The molecular weight excluding hydrogens is 280 g/mol. The lowest BCUT2D eigenvalue weighted by molar-refractivity contribution is -0.140. The first-order valence-corrected chi connectivity index (χ1v) is 7.51. The summed E-state index contributed by atoms with van der Waals surface area (Å²) in [5, 5.41) is 13.3. The van der Waals surface area contributed by atoms with Crippen LogP contribution < -0.4 is 5.56 Å². The van der Waals surface area contributed by atoms with E-state index in [1.54, 1.807) is 6.07 Å². The Morgan fingerprint density at radius 3 is 2.64 bits per heavy atom. The Hall–Kier alpha value is -2.43. The van der Waals surface area contributed by atoms with Gasteiger partial charge in [0.1, 0.15) is 0 Å². The predicted molar refractivity (Wildman–Crippen MR) is 82.9 cm³/mol. The SMILES string of the molecule is CC(C(=O)O)n1nc(-c2ccc3c(c2)CCCC3)ccc1=O. The fourth-order valence-electron chi connectivity index (χ4n) is 2.85. The second kappa shape index (κ2) is 5.75. The summed E-state index contributed by atoms with van der Waals surface area (Å²) in [7, 11) is 0. The molecule has 2 aromatic rings. The first-order valence-electron chi connectivity index (χ1n) is 7.51. The summed E-state index contributed by atoms with van der Waals surface area (Å²) in [6, 6.07) is 8.26. The molecule has 1 aromatic carbocycles. The Morgan fingerprint density at radius 2 is 1.91 bits per heavy atom. The standard InChI is InChI=1S/C17H18N2O3/c1-11(17(21)22)19-16(20)9-8-15(18-19)14-7-6-12-4-2-3-5-13(12)10-14/h6-11H,2-5H2,1H3,(H,21,22). The number of rotatable bonds is 3. The molecule has 0 saturated heterocycles. The van der Waals surface area contributed by atoms with Crippen molar-refractivity contribution in [3.8, 4) is 11.3 Å². The zero-order chi connectivity index (χ0) is 15.7. The molecule has 1 atom stereocenters. The molecule has 1 aliphatic carbocycles. The molecule has 1 heterocycles. The van der Waals surface area contributed by atoms with Crippen LogP contribution >= 0.6 is 0 Å². The van der Waals surface area contributed by atoms with E-state index in [2.05, 4.69) is 17.2 Å². The zero-order valence-corrected chi connectivity index (χ0v) is 12.5. The van der Waals surface area contributed by atoms with Gasteiger partial charge in [-0.3, -0.25) is 4.79 Å². The molecule has 5 nitrogen and oxygen atoms in total. The highest BCUT2D eigenvalue weighted by Crippen LogP contribution is 2.26. The van der Waals surface area contributed by atoms with Crippen LogP contribution in [-0.4, -0.2) is 20.9 Å². The number of fused-ring (bicyclic) bond motifs is 1. The van der Waals surface area contributed by atoms with Gasteiger partial charge in [0.05, 0.1) is 5.69 Å². The summed E-state index contributed by atoms with van der Waals surface area (Å²) < 4.78 is 1.02. The van der Waals surface area contributed by atoms with Gasteiger partial charge in [-0.15, -0.1) is 0 Å². The average molecular weight is 298 g/mol. The van der Waals surface area contributed by atoms with Crippen LogP contribution in [0.1, 0.15) is 36.9 Å². The fraction of sp³-hybridized carbons (Fsp3) is 0.353. The topological polar surface area (TPSA) is 72.2 Å². The molecule has 0 saturated carbocycles. The number of aliphatic carboxylic acids is 1. The molecule has 0 bridgehead atoms. The van der Waals surface area contributed by atoms with Crippen molar-refractivity contribution in [2.24, 2.45) is 0 Å². The van der Waals surface area contributed by atoms with Gasteiger partial charge in [-0.1, -0.05) is 12.1 Å². The maximum atomic E-state index is 11.8. The van der Waals surface area contributed by atoms with Crippen LogP contribution in [0, 0.1) is 0 Å². The van der Waals surface area contributed by atoms with Crippen molar-refractivity contribution in [1.82, 2.24) is 9.78 Å². The molecule has 5 heteroatoms. The molecule has 114 valence electrons. The Bertz CT molecular complexity index is 780. The summed E-state index contributed by atoms with van der Waals surface area (Å²) in [5.41, 5.74) is 3.85. The number of benzene rings is 1. The highest BCUT2D eigenvalue weighted by molar-refractivity contribution is 5.71. The maximum absolute atomic E-state index is 11.8. The van der Waals surface area contributed by atoms with E-state index >= 15 is 0 Å². The van der Waals surface area contributed by atoms with Crippen LogP contribution in [-0.2, 0) is 17.6 Å². The molecule has 0 aliphatic heterocycles. The Morgan fingerprint density at radius 1 is 1.18 bits per heavy atom. The van der Waals surface area contributed by atoms with Gasteiger partial charge in [0.2, 0.25) is 0 Å². The van der Waals surface area contributed by atoms with Gasteiger partial charge in [-0.2, -0.15) is 5.10 Å². The molecule has 0 radical (unpaired) electrons. The number of hydrogen-bond donors (Lipinski definition) is 1. The van der Waals surface area contributed by atoms with Crippen molar-refractivity contribution in [3.05, 3.63) is 51.8 Å². The van der Waals surface area contributed by atoms with Crippen LogP contribution in [0.25, 0.3) is 11.3 Å². The summed E-state index contributed by atoms with van der Waals surface area (Å²) in [4.78, 5) is 22.9. The van der Waals surface area contributed by atoms with E-state index in [9.17, 15) is 9.59 Å². The Labute approximate surface area is 128 Å². The number of hydrogen-bond acceptors (Lipinski definition) is 3. The largest absolute Gasteiger partial charge is 0.480 e. The minimum Gasteiger partial charge on any atom is -0.480 e. The quantitative estimate of drug-likeness (QED) is 0.944. The molecule has 22 heavy (non-hydrogen) atoms. The third kappa shape index (κ3) is 2.66. The van der Waals surface area contributed by atoms with Crippen molar-refractivity contribution in [2.75, 3.05) is 0 Å². The normalized spacial score (nSPS) is 15.1. The smallest absolute Gasteiger partial charge is 0.328 e. The van der Waals surface area contributed by atoms with E-state index in [1.807, 2.05) is 6.07 Å². The molecule has 0 amide bonds. The van der Waals surface area contributed by atoms with Gasteiger partial charge >= 0.3 is 5.97 Å². The number of carbonyl (C=O) groups is 1. The highest BCUT2D eigenvalue weighted by atomic mass is 16.4. The fourth-order valence-corrected chi connectivity index (χ4v) is 2.85. The molecule has 1 aromatic heterocycles. The third-order valence-electron chi connectivity index (χ3n) is 4.19. The van der Waals surface area contributed by atoms with Crippen LogP contribution in [0.4, 0.5) is 0 Å². The van der Waals surface area contributed by atoms with Gasteiger partial charge < -0.3 is 5.11 Å². The van der Waals surface area contributed by atoms with Crippen molar-refractivity contribution in [3.63, 3.8) is 0 Å². The predicted octanol–water partition coefficient (Wildman–Crippen LogP) is 2.43. The van der Waals surface area contributed by atoms with Crippen molar-refractivity contribution in [2.45, 2.75) is 38.6 Å².